The zero-order chi connectivity index (χ0) is 31.6. The Kier molecular flexibility index (Phi) is 11.6. The molecule has 0 aromatic heterocycles. The SMILES string of the molecule is COc1ccc(N(C)C(=O)[C@H](CCc2ccccc2)NC(=O)NS(=O)(=O)N[C@@H](Cc2ccc(F)cc2)C(=O)N(C)C)cc1. The fourth-order valence-electron chi connectivity index (χ4n) is 4.25. The number of amides is 4. The lowest BCUT2D eigenvalue weighted by atomic mass is 10.0. The minimum atomic E-state index is -4.58. The maximum Gasteiger partial charge on any atom is 0.330 e. The van der Waals surface area contributed by atoms with Crippen LogP contribution in [0.5, 0.6) is 5.75 Å². The number of methoxy groups -OCH3 is 1. The summed E-state index contributed by atoms with van der Waals surface area (Å²) in [6.07, 6.45) is 0.511. The van der Waals surface area contributed by atoms with Crippen LogP contribution < -0.4 is 24.4 Å². The van der Waals surface area contributed by atoms with Crippen molar-refractivity contribution in [2.45, 2.75) is 31.3 Å². The number of likely N-dealkylation sites (N-methyl/N-ethyl adjacent to an activating group) is 2. The van der Waals surface area contributed by atoms with E-state index in [9.17, 15) is 27.2 Å². The molecule has 2 atom stereocenters. The summed E-state index contributed by atoms with van der Waals surface area (Å²) in [7, 11) is 1.40. The van der Waals surface area contributed by atoms with Gasteiger partial charge in [-0.05, 0) is 66.8 Å². The molecule has 0 heterocycles. The molecule has 0 saturated carbocycles. The van der Waals surface area contributed by atoms with Gasteiger partial charge in [0, 0.05) is 26.8 Å². The fraction of sp³-hybridized carbons (Fsp3) is 0.300. The van der Waals surface area contributed by atoms with Crippen molar-refractivity contribution < 1.29 is 31.9 Å². The number of halogens is 1. The van der Waals surface area contributed by atoms with E-state index in [2.05, 4.69) is 10.0 Å². The predicted octanol–water partition coefficient (Wildman–Crippen LogP) is 2.63. The van der Waals surface area contributed by atoms with E-state index in [-0.39, 0.29) is 12.8 Å². The molecule has 3 aromatic rings. The highest BCUT2D eigenvalue weighted by Crippen LogP contribution is 2.19. The summed E-state index contributed by atoms with van der Waals surface area (Å²) < 4.78 is 48.4. The molecule has 0 bridgehead atoms. The molecule has 43 heavy (non-hydrogen) atoms. The van der Waals surface area contributed by atoms with Crippen LogP contribution in [-0.4, -0.2) is 71.5 Å². The zero-order valence-corrected chi connectivity index (χ0v) is 25.2. The molecule has 0 aliphatic rings. The summed E-state index contributed by atoms with van der Waals surface area (Å²) in [6.45, 7) is 0. The maximum atomic E-state index is 13.5. The number of carbonyl (C=O) groups is 3. The second-order valence-electron chi connectivity index (χ2n) is 9.98. The summed E-state index contributed by atoms with van der Waals surface area (Å²) >= 11 is 0. The average molecular weight is 614 g/mol. The number of benzene rings is 3. The van der Waals surface area contributed by atoms with Gasteiger partial charge in [-0.2, -0.15) is 13.1 Å². The summed E-state index contributed by atoms with van der Waals surface area (Å²) in [5.41, 5.74) is 1.97. The number of hydrogen-bond donors (Lipinski definition) is 3. The van der Waals surface area contributed by atoms with Gasteiger partial charge in [0.25, 0.3) is 0 Å². The van der Waals surface area contributed by atoms with Crippen molar-refractivity contribution >= 4 is 33.7 Å². The van der Waals surface area contributed by atoms with E-state index in [1.807, 2.05) is 35.1 Å². The van der Waals surface area contributed by atoms with Crippen molar-refractivity contribution in [3.63, 3.8) is 0 Å². The molecule has 4 amide bonds. The van der Waals surface area contributed by atoms with Crippen molar-refractivity contribution in [1.82, 2.24) is 19.7 Å². The van der Waals surface area contributed by atoms with Gasteiger partial charge in [0.1, 0.15) is 23.7 Å². The summed E-state index contributed by atoms with van der Waals surface area (Å²) in [6, 6.07) is 17.8. The van der Waals surface area contributed by atoms with Crippen molar-refractivity contribution in [3.05, 3.63) is 95.8 Å². The quantitative estimate of drug-likeness (QED) is 0.271. The Bertz CT molecular complexity index is 1490. The minimum Gasteiger partial charge on any atom is -0.497 e. The number of carbonyl (C=O) groups excluding carboxylic acids is 3. The van der Waals surface area contributed by atoms with Gasteiger partial charge in [-0.25, -0.2) is 13.9 Å². The van der Waals surface area contributed by atoms with Crippen LogP contribution in [0.4, 0.5) is 14.9 Å². The molecule has 13 heteroatoms. The van der Waals surface area contributed by atoms with E-state index >= 15 is 0 Å². The maximum absolute atomic E-state index is 13.5. The standard InChI is InChI=1S/C30H36FN5O6S/c1-35(2)28(37)27(20-22-10-13-23(31)14-11-22)33-43(40,41)34-30(39)32-26(19-12-21-8-6-5-7-9-21)29(38)36(3)24-15-17-25(42-4)18-16-24/h5-11,13-18,26-27,33H,12,19-20H2,1-4H3,(H2,32,34,39)/t26-,27-/m0/s1. The molecule has 3 rings (SSSR count). The highest BCUT2D eigenvalue weighted by Gasteiger charge is 2.30. The van der Waals surface area contributed by atoms with Gasteiger partial charge >= 0.3 is 16.2 Å². The number of nitrogens with one attached hydrogen (secondary N) is 3. The zero-order valence-electron chi connectivity index (χ0n) is 24.4. The highest BCUT2D eigenvalue weighted by atomic mass is 32.2. The van der Waals surface area contributed by atoms with Crippen molar-refractivity contribution in [2.24, 2.45) is 0 Å². The Hall–Kier alpha value is -4.49. The van der Waals surface area contributed by atoms with Gasteiger partial charge in [-0.3, -0.25) is 9.59 Å². The van der Waals surface area contributed by atoms with Crippen LogP contribution in [0.25, 0.3) is 0 Å². The molecule has 230 valence electrons. The molecular weight excluding hydrogens is 577 g/mol. The molecule has 3 aromatic carbocycles. The van der Waals surface area contributed by atoms with Gasteiger partial charge in [0.05, 0.1) is 7.11 Å². The molecule has 0 radical (unpaired) electrons. The molecule has 0 spiro atoms. The van der Waals surface area contributed by atoms with Gasteiger partial charge in [-0.1, -0.05) is 42.5 Å². The number of nitrogens with zero attached hydrogens (tertiary/aromatic N) is 2. The number of hydrogen-bond acceptors (Lipinski definition) is 6. The molecular formula is C30H36FN5O6S. The number of aryl methyl sites for hydroxylation is 1. The third-order valence-corrected chi connectivity index (χ3v) is 7.62. The van der Waals surface area contributed by atoms with Crippen LogP contribution in [0.1, 0.15) is 17.5 Å². The molecule has 0 saturated heterocycles. The molecule has 11 nitrogen and oxygen atoms in total. The Morgan fingerprint density at radius 1 is 0.837 bits per heavy atom. The van der Waals surface area contributed by atoms with Crippen LogP contribution in [0.3, 0.4) is 0 Å². The monoisotopic (exact) mass is 613 g/mol. The van der Waals surface area contributed by atoms with E-state index in [1.54, 1.807) is 31.3 Å². The van der Waals surface area contributed by atoms with E-state index in [0.717, 1.165) is 5.56 Å². The average Bonchev–Trinajstić information content (AvgIpc) is 2.99. The summed E-state index contributed by atoms with van der Waals surface area (Å²) in [4.78, 5) is 41.8. The lowest BCUT2D eigenvalue weighted by Crippen LogP contribution is -2.56. The Morgan fingerprint density at radius 3 is 2.05 bits per heavy atom. The minimum absolute atomic E-state index is 0.0926. The second-order valence-corrected chi connectivity index (χ2v) is 11.4. The van der Waals surface area contributed by atoms with Crippen molar-refractivity contribution in [3.8, 4) is 5.75 Å². The summed E-state index contributed by atoms with van der Waals surface area (Å²) in [5, 5.41) is 2.48. The Labute approximate surface area is 251 Å². The molecule has 0 fully saturated rings. The lowest BCUT2D eigenvalue weighted by Gasteiger charge is -2.25. The molecule has 0 aliphatic heterocycles. The number of rotatable bonds is 13. The molecule has 0 aliphatic carbocycles. The molecule has 3 N–H and O–H groups in total. The first kappa shape index (κ1) is 33.0. The third kappa shape index (κ3) is 10.1. The lowest BCUT2D eigenvalue weighted by molar-refractivity contribution is -0.130. The topological polar surface area (TPSA) is 137 Å². The second kappa shape index (κ2) is 15.1. The number of urea groups is 1. The van der Waals surface area contributed by atoms with E-state index in [4.69, 9.17) is 4.74 Å². The number of anilines is 1. The largest absolute Gasteiger partial charge is 0.497 e. The van der Waals surface area contributed by atoms with E-state index < -0.39 is 46.0 Å². The van der Waals surface area contributed by atoms with Crippen LogP contribution in [0, 0.1) is 5.82 Å². The van der Waals surface area contributed by atoms with Crippen molar-refractivity contribution in [1.29, 1.82) is 0 Å². The van der Waals surface area contributed by atoms with Crippen LogP contribution in [0.15, 0.2) is 78.9 Å². The number of ether oxygens (including phenoxy) is 1. The smallest absolute Gasteiger partial charge is 0.330 e. The van der Waals surface area contributed by atoms with Gasteiger partial charge in [-0.15, -0.1) is 0 Å². The van der Waals surface area contributed by atoms with E-state index in [0.29, 0.717) is 23.4 Å². The van der Waals surface area contributed by atoms with Crippen LogP contribution in [0.2, 0.25) is 0 Å². The third-order valence-electron chi connectivity index (χ3n) is 6.57. The van der Waals surface area contributed by atoms with E-state index in [1.165, 1.54) is 55.3 Å². The normalized spacial score (nSPS) is 12.5. The Morgan fingerprint density at radius 2 is 1.47 bits per heavy atom. The predicted molar refractivity (Wildman–Crippen MR) is 161 cm³/mol. The highest BCUT2D eigenvalue weighted by molar-refractivity contribution is 7.88. The Balaban J connectivity index is 1.75. The summed E-state index contributed by atoms with van der Waals surface area (Å²) in [5.74, 6) is -0.927. The first-order chi connectivity index (χ1) is 20.4. The first-order valence-corrected chi connectivity index (χ1v) is 14.9. The fourth-order valence-corrected chi connectivity index (χ4v) is 5.17. The van der Waals surface area contributed by atoms with Crippen LogP contribution in [-0.2, 0) is 32.6 Å². The van der Waals surface area contributed by atoms with Crippen molar-refractivity contribution in [2.75, 3.05) is 33.2 Å². The van der Waals surface area contributed by atoms with Gasteiger partial charge < -0.3 is 19.9 Å². The van der Waals surface area contributed by atoms with Gasteiger partial charge in [0.2, 0.25) is 11.8 Å². The molecule has 0 unspecified atom stereocenters. The van der Waals surface area contributed by atoms with Crippen LogP contribution >= 0.6 is 0 Å². The first-order valence-electron chi connectivity index (χ1n) is 13.4. The van der Waals surface area contributed by atoms with Gasteiger partial charge in [0.15, 0.2) is 0 Å².